The number of benzene rings is 1. The van der Waals surface area contributed by atoms with E-state index in [0.717, 1.165) is 25.6 Å². The number of hydrogen-bond donors (Lipinski definition) is 2. The van der Waals surface area contributed by atoms with Gasteiger partial charge in [-0.05, 0) is 48.1 Å². The number of rotatable bonds is 4. The molecule has 2 saturated carbocycles. The molecule has 0 saturated heterocycles. The van der Waals surface area contributed by atoms with Crippen LogP contribution in [0.4, 0.5) is 0 Å². The van der Waals surface area contributed by atoms with Crippen LogP contribution in [0.15, 0.2) is 24.3 Å². The molecule has 1 amide bonds. The molecule has 1 aromatic rings. The van der Waals surface area contributed by atoms with Gasteiger partial charge in [-0.1, -0.05) is 24.3 Å². The maximum absolute atomic E-state index is 12.5. The lowest BCUT2D eigenvalue weighted by molar-refractivity contribution is -0.122. The molecular formula is C17H22N2O. The van der Waals surface area contributed by atoms with Crippen LogP contribution in [0.25, 0.3) is 0 Å². The Labute approximate surface area is 120 Å². The van der Waals surface area contributed by atoms with Crippen molar-refractivity contribution < 1.29 is 4.79 Å². The van der Waals surface area contributed by atoms with Crippen molar-refractivity contribution in [1.82, 2.24) is 10.6 Å². The van der Waals surface area contributed by atoms with E-state index < -0.39 is 0 Å². The zero-order valence-corrected chi connectivity index (χ0v) is 11.8. The first-order valence-electron chi connectivity index (χ1n) is 7.85. The normalized spacial score (nSPS) is 26.7. The van der Waals surface area contributed by atoms with Crippen LogP contribution in [0.1, 0.15) is 42.7 Å². The van der Waals surface area contributed by atoms with Gasteiger partial charge in [0.15, 0.2) is 0 Å². The average molecular weight is 270 g/mol. The van der Waals surface area contributed by atoms with E-state index in [0.29, 0.717) is 5.41 Å². The summed E-state index contributed by atoms with van der Waals surface area (Å²) in [5.74, 6) is 1.09. The molecule has 0 spiro atoms. The summed E-state index contributed by atoms with van der Waals surface area (Å²) in [4.78, 5) is 12.5. The van der Waals surface area contributed by atoms with E-state index >= 15 is 0 Å². The van der Waals surface area contributed by atoms with Crippen molar-refractivity contribution in [3.8, 4) is 0 Å². The fraction of sp³-hybridized carbons (Fsp3) is 0.588. The smallest absolute Gasteiger partial charge is 0.228 e. The number of carbonyl (C=O) groups excluding carboxylic acids is 1. The Morgan fingerprint density at radius 1 is 1.30 bits per heavy atom. The Kier molecular flexibility index (Phi) is 2.84. The zero-order valence-electron chi connectivity index (χ0n) is 11.8. The van der Waals surface area contributed by atoms with Crippen molar-refractivity contribution in [3.63, 3.8) is 0 Å². The molecule has 1 heterocycles. The van der Waals surface area contributed by atoms with Crippen LogP contribution in [0.3, 0.4) is 0 Å². The molecule has 1 aliphatic heterocycles. The average Bonchev–Trinajstić information content (AvgIpc) is 3.37. The summed E-state index contributed by atoms with van der Waals surface area (Å²) in [7, 11) is 0. The molecule has 106 valence electrons. The topological polar surface area (TPSA) is 41.1 Å². The molecule has 20 heavy (non-hydrogen) atoms. The summed E-state index contributed by atoms with van der Waals surface area (Å²) in [5, 5.41) is 6.60. The van der Waals surface area contributed by atoms with Crippen molar-refractivity contribution in [2.45, 2.75) is 38.1 Å². The van der Waals surface area contributed by atoms with Crippen LogP contribution in [-0.4, -0.2) is 19.0 Å². The van der Waals surface area contributed by atoms with Crippen LogP contribution in [-0.2, 0) is 11.3 Å². The molecule has 3 aliphatic rings. The van der Waals surface area contributed by atoms with E-state index in [1.807, 2.05) is 12.1 Å². The van der Waals surface area contributed by atoms with Crippen LogP contribution < -0.4 is 10.6 Å². The summed E-state index contributed by atoms with van der Waals surface area (Å²) in [6.45, 7) is 2.54. The monoisotopic (exact) mass is 270 g/mol. The Balaban J connectivity index is 1.44. The van der Waals surface area contributed by atoms with Crippen molar-refractivity contribution in [3.05, 3.63) is 35.4 Å². The van der Waals surface area contributed by atoms with E-state index in [1.165, 1.54) is 36.8 Å². The molecule has 1 aromatic carbocycles. The molecule has 3 heteroatoms. The summed E-state index contributed by atoms with van der Waals surface area (Å²) < 4.78 is 0. The lowest BCUT2D eigenvalue weighted by Gasteiger charge is -2.26. The van der Waals surface area contributed by atoms with Crippen LogP contribution in [0.5, 0.6) is 0 Å². The lowest BCUT2D eigenvalue weighted by Crippen LogP contribution is -2.41. The van der Waals surface area contributed by atoms with Gasteiger partial charge in [-0.25, -0.2) is 0 Å². The number of hydrogen-bond acceptors (Lipinski definition) is 2. The Bertz CT molecular complexity index is 532. The highest BCUT2D eigenvalue weighted by Gasteiger charge is 2.53. The highest BCUT2D eigenvalue weighted by Crippen LogP contribution is 2.60. The summed E-state index contributed by atoms with van der Waals surface area (Å²) in [5.41, 5.74) is 2.96. The third-order valence-corrected chi connectivity index (χ3v) is 5.36. The fourth-order valence-corrected chi connectivity index (χ4v) is 3.70. The number of carbonyl (C=O) groups is 1. The van der Waals surface area contributed by atoms with Crippen molar-refractivity contribution >= 4 is 5.91 Å². The van der Waals surface area contributed by atoms with Crippen LogP contribution in [0, 0.1) is 11.3 Å². The van der Waals surface area contributed by atoms with E-state index in [1.54, 1.807) is 0 Å². The molecule has 2 fully saturated rings. The quantitative estimate of drug-likeness (QED) is 0.880. The second-order valence-corrected chi connectivity index (χ2v) is 6.74. The molecule has 1 atom stereocenters. The second-order valence-electron chi connectivity index (χ2n) is 6.74. The summed E-state index contributed by atoms with van der Waals surface area (Å²) >= 11 is 0. The second kappa shape index (κ2) is 4.59. The van der Waals surface area contributed by atoms with Gasteiger partial charge in [0.1, 0.15) is 0 Å². The molecule has 4 rings (SSSR count). The van der Waals surface area contributed by atoms with E-state index in [9.17, 15) is 4.79 Å². The molecule has 1 unspecified atom stereocenters. The van der Waals surface area contributed by atoms with Crippen LogP contribution >= 0.6 is 0 Å². The molecule has 0 aromatic heterocycles. The third-order valence-electron chi connectivity index (χ3n) is 5.36. The number of fused-ring (bicyclic) bond motifs is 1. The maximum Gasteiger partial charge on any atom is 0.228 e. The van der Waals surface area contributed by atoms with Crippen molar-refractivity contribution in [2.75, 3.05) is 13.1 Å². The van der Waals surface area contributed by atoms with Crippen molar-refractivity contribution in [1.29, 1.82) is 0 Å². The van der Waals surface area contributed by atoms with Gasteiger partial charge < -0.3 is 10.6 Å². The highest BCUT2D eigenvalue weighted by molar-refractivity contribution is 5.84. The van der Waals surface area contributed by atoms with Gasteiger partial charge in [0.25, 0.3) is 0 Å². The first kappa shape index (κ1) is 12.4. The van der Waals surface area contributed by atoms with E-state index in [-0.39, 0.29) is 11.8 Å². The van der Waals surface area contributed by atoms with E-state index in [4.69, 9.17) is 0 Å². The summed E-state index contributed by atoms with van der Waals surface area (Å²) in [6.07, 6.45) is 5.39. The minimum Gasteiger partial charge on any atom is -0.355 e. The molecule has 2 aliphatic carbocycles. The number of amides is 1. The number of nitrogens with one attached hydrogen (secondary N) is 2. The third kappa shape index (κ3) is 2.14. The van der Waals surface area contributed by atoms with Gasteiger partial charge in [0.05, 0.1) is 5.92 Å². The van der Waals surface area contributed by atoms with Gasteiger partial charge in [-0.3, -0.25) is 4.79 Å². The first-order valence-corrected chi connectivity index (χ1v) is 7.85. The molecule has 3 nitrogen and oxygen atoms in total. The Morgan fingerprint density at radius 2 is 2.10 bits per heavy atom. The van der Waals surface area contributed by atoms with E-state index in [2.05, 4.69) is 22.8 Å². The van der Waals surface area contributed by atoms with Crippen LogP contribution in [0.2, 0.25) is 0 Å². The predicted molar refractivity (Wildman–Crippen MR) is 78.3 cm³/mol. The molecule has 0 radical (unpaired) electrons. The predicted octanol–water partition coefficient (Wildman–Crippen LogP) is 2.18. The van der Waals surface area contributed by atoms with Gasteiger partial charge in [0, 0.05) is 19.6 Å². The Morgan fingerprint density at radius 3 is 2.85 bits per heavy atom. The SMILES string of the molecule is O=C(NCC1(C2CC2)CC1)C1CNCc2ccccc21. The first-order chi connectivity index (χ1) is 9.78. The highest BCUT2D eigenvalue weighted by atomic mass is 16.1. The standard InChI is InChI=1S/C17H22N2O/c20-16(19-11-17(7-8-17)13-5-6-13)15-10-18-9-12-3-1-2-4-14(12)15/h1-4,13,15,18H,5-11H2,(H,19,20). The minimum atomic E-state index is -0.0186. The minimum absolute atomic E-state index is 0.0186. The fourth-order valence-electron chi connectivity index (χ4n) is 3.70. The van der Waals surface area contributed by atoms with Crippen molar-refractivity contribution in [2.24, 2.45) is 11.3 Å². The zero-order chi connectivity index (χ0) is 13.6. The molecule has 0 bridgehead atoms. The molecular weight excluding hydrogens is 248 g/mol. The Hall–Kier alpha value is -1.35. The lowest BCUT2D eigenvalue weighted by atomic mass is 9.90. The maximum atomic E-state index is 12.5. The largest absolute Gasteiger partial charge is 0.355 e. The van der Waals surface area contributed by atoms with Gasteiger partial charge >= 0.3 is 0 Å². The molecule has 2 N–H and O–H groups in total. The van der Waals surface area contributed by atoms with Gasteiger partial charge in [0.2, 0.25) is 5.91 Å². The van der Waals surface area contributed by atoms with Gasteiger partial charge in [-0.15, -0.1) is 0 Å². The van der Waals surface area contributed by atoms with Gasteiger partial charge in [-0.2, -0.15) is 0 Å². The summed E-state index contributed by atoms with van der Waals surface area (Å²) in [6, 6.07) is 8.31.